The molecule has 0 atom stereocenters. The summed E-state index contributed by atoms with van der Waals surface area (Å²) in [6, 6.07) is 2.38. The number of methoxy groups -OCH3 is 1. The molecule has 1 aromatic rings. The first-order chi connectivity index (χ1) is 8.21. The van der Waals surface area contributed by atoms with Gasteiger partial charge < -0.3 is 4.74 Å². The van der Waals surface area contributed by atoms with Crippen LogP contribution in [0.25, 0.3) is 0 Å². The average Bonchev–Trinajstić information content (AvgIpc) is 2.76. The Balaban J connectivity index is 2.53. The molecule has 96 valence electrons. The van der Waals surface area contributed by atoms with Gasteiger partial charge in [-0.2, -0.15) is 5.10 Å². The lowest BCUT2D eigenvalue weighted by Gasteiger charge is -2.12. The van der Waals surface area contributed by atoms with Gasteiger partial charge in [-0.05, 0) is 18.9 Å². The van der Waals surface area contributed by atoms with Crippen LogP contribution in [0.2, 0.25) is 0 Å². The average molecular weight is 238 g/mol. The van der Waals surface area contributed by atoms with Crippen LogP contribution in [0.1, 0.15) is 44.8 Å². The van der Waals surface area contributed by atoms with Gasteiger partial charge in [-0.1, -0.05) is 13.8 Å². The highest BCUT2D eigenvalue weighted by molar-refractivity contribution is 5.80. The van der Waals surface area contributed by atoms with Crippen molar-refractivity contribution in [2.45, 2.75) is 45.6 Å². The second kappa shape index (κ2) is 7.22. The van der Waals surface area contributed by atoms with Gasteiger partial charge in [0.15, 0.2) is 0 Å². The van der Waals surface area contributed by atoms with E-state index in [1.54, 1.807) is 7.11 Å². The Labute approximate surface area is 103 Å². The normalized spacial score (nSPS) is 11.1. The highest BCUT2D eigenvalue weighted by Crippen LogP contribution is 2.14. The Morgan fingerprint density at radius 1 is 1.47 bits per heavy atom. The number of nitrogens with zero attached hydrogens (tertiary/aromatic N) is 2. The van der Waals surface area contributed by atoms with Crippen LogP contribution < -0.4 is 0 Å². The highest BCUT2D eigenvalue weighted by atomic mass is 16.5. The molecule has 0 unspecified atom stereocenters. The van der Waals surface area contributed by atoms with E-state index in [2.05, 4.69) is 18.9 Å². The Kier molecular flexibility index (Phi) is 5.91. The molecular weight excluding hydrogens is 216 g/mol. The third kappa shape index (κ3) is 4.30. The number of Topliss-reactive ketones (excluding diaryl/α,β-unsaturated/α-hetero) is 1. The third-order valence-corrected chi connectivity index (χ3v) is 2.94. The van der Waals surface area contributed by atoms with Gasteiger partial charge in [0.2, 0.25) is 0 Å². The summed E-state index contributed by atoms with van der Waals surface area (Å²) in [4.78, 5) is 11.6. The van der Waals surface area contributed by atoms with Crippen LogP contribution >= 0.6 is 0 Å². The molecule has 0 fully saturated rings. The zero-order chi connectivity index (χ0) is 12.7. The van der Waals surface area contributed by atoms with Crippen molar-refractivity contribution in [2.24, 2.45) is 0 Å². The van der Waals surface area contributed by atoms with Gasteiger partial charge in [-0.25, -0.2) is 0 Å². The minimum absolute atomic E-state index is 0.182. The Hall–Kier alpha value is -1.16. The molecule has 1 rings (SSSR count). The molecule has 4 heteroatoms. The second-order valence-corrected chi connectivity index (χ2v) is 4.22. The van der Waals surface area contributed by atoms with Crippen molar-refractivity contribution >= 4 is 5.78 Å². The van der Waals surface area contributed by atoms with Gasteiger partial charge in [0.25, 0.3) is 0 Å². The van der Waals surface area contributed by atoms with Gasteiger partial charge in [0.1, 0.15) is 5.78 Å². The number of carbonyl (C=O) groups excluding carboxylic acids is 1. The van der Waals surface area contributed by atoms with Crippen LogP contribution in [0.15, 0.2) is 12.3 Å². The SMILES string of the molecule is CCC(CC)n1ccc(CC(=O)CCOC)n1. The van der Waals surface area contributed by atoms with Gasteiger partial charge in [-0.15, -0.1) is 0 Å². The first-order valence-corrected chi connectivity index (χ1v) is 6.25. The maximum atomic E-state index is 11.6. The lowest BCUT2D eigenvalue weighted by Crippen LogP contribution is -2.10. The minimum Gasteiger partial charge on any atom is -0.384 e. The van der Waals surface area contributed by atoms with E-state index in [-0.39, 0.29) is 5.78 Å². The number of rotatable bonds is 8. The predicted molar refractivity (Wildman–Crippen MR) is 67.1 cm³/mol. The molecule has 0 aliphatic carbocycles. The molecule has 0 amide bonds. The van der Waals surface area contributed by atoms with E-state index >= 15 is 0 Å². The molecule has 1 heterocycles. The standard InChI is InChI=1S/C13H22N2O2/c1-4-12(5-2)15-8-6-11(14-15)10-13(16)7-9-17-3/h6,8,12H,4-5,7,9-10H2,1-3H3. The van der Waals surface area contributed by atoms with Crippen LogP contribution in [0.4, 0.5) is 0 Å². The van der Waals surface area contributed by atoms with E-state index in [1.807, 2.05) is 16.9 Å². The van der Waals surface area contributed by atoms with E-state index in [4.69, 9.17) is 4.74 Å². The third-order valence-electron chi connectivity index (χ3n) is 2.94. The fraction of sp³-hybridized carbons (Fsp3) is 0.692. The molecule has 0 aliphatic heterocycles. The molecule has 1 aromatic heterocycles. The molecule has 17 heavy (non-hydrogen) atoms. The van der Waals surface area contributed by atoms with Crippen LogP contribution in [-0.2, 0) is 16.0 Å². The van der Waals surface area contributed by atoms with E-state index in [0.717, 1.165) is 18.5 Å². The topological polar surface area (TPSA) is 44.1 Å². The Bertz CT molecular complexity index is 343. The van der Waals surface area contributed by atoms with Crippen molar-refractivity contribution in [3.8, 4) is 0 Å². The zero-order valence-electron chi connectivity index (χ0n) is 11.0. The summed E-state index contributed by atoms with van der Waals surface area (Å²) < 4.78 is 6.85. The Morgan fingerprint density at radius 3 is 2.76 bits per heavy atom. The summed E-state index contributed by atoms with van der Waals surface area (Å²) in [6.45, 7) is 4.80. The maximum absolute atomic E-state index is 11.6. The van der Waals surface area contributed by atoms with Crippen molar-refractivity contribution in [1.29, 1.82) is 0 Å². The van der Waals surface area contributed by atoms with Gasteiger partial charge in [0.05, 0.1) is 24.8 Å². The van der Waals surface area contributed by atoms with E-state index in [9.17, 15) is 4.79 Å². The van der Waals surface area contributed by atoms with Crippen molar-refractivity contribution in [3.05, 3.63) is 18.0 Å². The largest absolute Gasteiger partial charge is 0.384 e. The van der Waals surface area contributed by atoms with Crippen molar-refractivity contribution in [3.63, 3.8) is 0 Å². The molecule has 0 aromatic carbocycles. The van der Waals surface area contributed by atoms with Gasteiger partial charge in [-0.3, -0.25) is 9.48 Å². The van der Waals surface area contributed by atoms with Crippen molar-refractivity contribution in [2.75, 3.05) is 13.7 Å². The zero-order valence-corrected chi connectivity index (χ0v) is 11.0. The summed E-state index contributed by atoms with van der Waals surface area (Å²) in [5.41, 5.74) is 0.859. The molecule has 0 spiro atoms. The first-order valence-electron chi connectivity index (χ1n) is 6.25. The number of hydrogen-bond acceptors (Lipinski definition) is 3. The summed E-state index contributed by atoms with van der Waals surface area (Å²) in [5, 5.41) is 4.46. The molecular formula is C13H22N2O2. The predicted octanol–water partition coefficient (Wildman–Crippen LogP) is 2.39. The summed E-state index contributed by atoms with van der Waals surface area (Å²) in [7, 11) is 1.61. The van der Waals surface area contributed by atoms with Crippen LogP contribution in [0.3, 0.4) is 0 Å². The minimum atomic E-state index is 0.182. The van der Waals surface area contributed by atoms with Crippen molar-refractivity contribution in [1.82, 2.24) is 9.78 Å². The van der Waals surface area contributed by atoms with Crippen LogP contribution in [0, 0.1) is 0 Å². The number of ketones is 1. The maximum Gasteiger partial charge on any atom is 0.141 e. The first kappa shape index (κ1) is 13.9. The number of carbonyl (C=O) groups is 1. The molecule has 0 N–H and O–H groups in total. The van der Waals surface area contributed by atoms with E-state index in [1.165, 1.54) is 0 Å². The molecule has 0 radical (unpaired) electrons. The summed E-state index contributed by atoms with van der Waals surface area (Å²) in [6.07, 6.45) is 4.98. The number of hydrogen-bond donors (Lipinski definition) is 0. The smallest absolute Gasteiger partial charge is 0.141 e. The quantitative estimate of drug-likeness (QED) is 0.698. The summed E-state index contributed by atoms with van der Waals surface area (Å²) in [5.74, 6) is 0.182. The molecule has 0 bridgehead atoms. The second-order valence-electron chi connectivity index (χ2n) is 4.22. The number of aromatic nitrogens is 2. The van der Waals surface area contributed by atoms with Crippen LogP contribution in [0.5, 0.6) is 0 Å². The van der Waals surface area contributed by atoms with Crippen molar-refractivity contribution < 1.29 is 9.53 Å². The van der Waals surface area contributed by atoms with E-state index < -0.39 is 0 Å². The monoisotopic (exact) mass is 238 g/mol. The lowest BCUT2D eigenvalue weighted by atomic mass is 10.2. The summed E-state index contributed by atoms with van der Waals surface area (Å²) >= 11 is 0. The Morgan fingerprint density at radius 2 is 2.18 bits per heavy atom. The van der Waals surface area contributed by atoms with Crippen LogP contribution in [-0.4, -0.2) is 29.3 Å². The van der Waals surface area contributed by atoms with Gasteiger partial charge >= 0.3 is 0 Å². The van der Waals surface area contributed by atoms with Gasteiger partial charge in [0, 0.05) is 19.7 Å². The highest BCUT2D eigenvalue weighted by Gasteiger charge is 2.10. The molecule has 0 aliphatic rings. The molecule has 0 saturated carbocycles. The van der Waals surface area contributed by atoms with E-state index in [0.29, 0.717) is 25.5 Å². The number of ether oxygens (including phenoxy) is 1. The lowest BCUT2D eigenvalue weighted by molar-refractivity contribution is -0.119. The molecule has 4 nitrogen and oxygen atoms in total. The molecule has 0 saturated heterocycles. The fourth-order valence-electron chi connectivity index (χ4n) is 1.84. The fourth-order valence-corrected chi connectivity index (χ4v) is 1.84.